The summed E-state index contributed by atoms with van der Waals surface area (Å²) >= 11 is 6.18. The molecule has 8 nitrogen and oxygen atoms in total. The molecule has 1 amide bonds. The second-order valence-corrected chi connectivity index (χ2v) is 7.16. The van der Waals surface area contributed by atoms with Crippen molar-refractivity contribution in [2.45, 2.75) is 6.42 Å². The molecular formula is C23H20ClN3O5. The van der Waals surface area contributed by atoms with E-state index in [2.05, 4.69) is 10.3 Å². The number of nitrogens with one attached hydrogen (secondary N) is 2. The van der Waals surface area contributed by atoms with Crippen LogP contribution in [0.2, 0.25) is 5.02 Å². The number of fused-ring (bicyclic) bond motifs is 1. The van der Waals surface area contributed by atoms with Gasteiger partial charge in [0.15, 0.2) is 18.1 Å². The van der Waals surface area contributed by atoms with Crippen molar-refractivity contribution in [1.29, 1.82) is 5.26 Å². The fourth-order valence-electron chi connectivity index (χ4n) is 3.16. The van der Waals surface area contributed by atoms with E-state index in [0.717, 1.165) is 16.5 Å². The van der Waals surface area contributed by atoms with Gasteiger partial charge in [0.1, 0.15) is 11.6 Å². The summed E-state index contributed by atoms with van der Waals surface area (Å²) < 4.78 is 10.3. The molecule has 0 fully saturated rings. The summed E-state index contributed by atoms with van der Waals surface area (Å²) in [6.45, 7) is -0.237. The van der Waals surface area contributed by atoms with Crippen molar-refractivity contribution in [2.24, 2.45) is 0 Å². The number of para-hydroxylation sites is 1. The van der Waals surface area contributed by atoms with Crippen LogP contribution in [0.4, 0.5) is 0 Å². The molecule has 164 valence electrons. The number of halogens is 1. The molecule has 0 spiro atoms. The van der Waals surface area contributed by atoms with Crippen molar-refractivity contribution in [2.75, 3.05) is 20.3 Å². The Bertz CT molecular complexity index is 1230. The second kappa shape index (κ2) is 10.4. The minimum absolute atomic E-state index is 0.0652. The minimum atomic E-state index is -1.16. The number of carboxylic acid groups (broad SMARTS) is 1. The maximum atomic E-state index is 12.5. The van der Waals surface area contributed by atoms with Crippen LogP contribution in [0.25, 0.3) is 17.0 Å². The fourth-order valence-corrected chi connectivity index (χ4v) is 3.43. The van der Waals surface area contributed by atoms with Crippen molar-refractivity contribution in [3.05, 3.63) is 64.3 Å². The first kappa shape index (κ1) is 22.7. The average molecular weight is 454 g/mol. The number of methoxy groups -OCH3 is 1. The van der Waals surface area contributed by atoms with Crippen molar-refractivity contribution in [1.82, 2.24) is 10.3 Å². The van der Waals surface area contributed by atoms with E-state index in [1.165, 1.54) is 25.3 Å². The summed E-state index contributed by atoms with van der Waals surface area (Å²) in [6, 6.07) is 12.7. The molecule has 0 radical (unpaired) electrons. The number of carbonyl (C=O) groups excluding carboxylic acids is 1. The Morgan fingerprint density at radius 1 is 1.31 bits per heavy atom. The molecule has 0 bridgehead atoms. The van der Waals surface area contributed by atoms with E-state index in [-0.39, 0.29) is 22.1 Å². The zero-order valence-corrected chi connectivity index (χ0v) is 17.9. The van der Waals surface area contributed by atoms with Gasteiger partial charge in [0.05, 0.1) is 12.1 Å². The van der Waals surface area contributed by atoms with Crippen LogP contribution in [0, 0.1) is 11.3 Å². The van der Waals surface area contributed by atoms with Gasteiger partial charge in [-0.25, -0.2) is 4.79 Å². The SMILES string of the molecule is COc1cc(/C=C(/C#N)C(=O)NCCc2c[nH]c3ccccc23)cc(Cl)c1OCC(=O)O. The molecule has 1 aromatic heterocycles. The lowest BCUT2D eigenvalue weighted by Crippen LogP contribution is -2.26. The lowest BCUT2D eigenvalue weighted by molar-refractivity contribution is -0.139. The standard InChI is InChI=1S/C23H20ClN3O5/c1-31-20-10-14(9-18(24)22(20)32-13-21(28)29)8-16(11-25)23(30)26-7-6-15-12-27-19-5-3-2-4-17(15)19/h2-5,8-10,12,27H,6-7,13H2,1H3,(H,26,30)(H,28,29)/b16-8-. The van der Waals surface area contributed by atoms with Gasteiger partial charge in [0.2, 0.25) is 0 Å². The summed E-state index contributed by atoms with van der Waals surface area (Å²) in [5, 5.41) is 22.1. The number of nitrogens with zero attached hydrogens (tertiary/aromatic N) is 1. The van der Waals surface area contributed by atoms with E-state index in [1.54, 1.807) is 0 Å². The number of hydrogen-bond donors (Lipinski definition) is 3. The Labute approximate surface area is 189 Å². The van der Waals surface area contributed by atoms with Crippen molar-refractivity contribution in [3.8, 4) is 17.6 Å². The van der Waals surface area contributed by atoms with E-state index < -0.39 is 18.5 Å². The molecule has 9 heteroatoms. The highest BCUT2D eigenvalue weighted by Crippen LogP contribution is 2.37. The van der Waals surface area contributed by atoms with Gasteiger partial charge in [-0.05, 0) is 41.8 Å². The first-order valence-electron chi connectivity index (χ1n) is 9.60. The molecule has 0 saturated heterocycles. The Balaban J connectivity index is 1.70. The fraction of sp³-hybridized carbons (Fsp3) is 0.174. The lowest BCUT2D eigenvalue weighted by atomic mass is 10.1. The number of H-pyrrole nitrogens is 1. The molecule has 1 heterocycles. The highest BCUT2D eigenvalue weighted by Gasteiger charge is 2.15. The molecule has 0 atom stereocenters. The number of amides is 1. The summed E-state index contributed by atoms with van der Waals surface area (Å²) in [5.74, 6) is -1.44. The van der Waals surface area contributed by atoms with Crippen LogP contribution in [-0.2, 0) is 16.0 Å². The van der Waals surface area contributed by atoms with Crippen LogP contribution < -0.4 is 14.8 Å². The third-order valence-electron chi connectivity index (χ3n) is 4.62. The number of ether oxygens (including phenoxy) is 2. The summed E-state index contributed by atoms with van der Waals surface area (Å²) in [6.07, 6.45) is 3.88. The minimum Gasteiger partial charge on any atom is -0.493 e. The molecule has 0 unspecified atom stereocenters. The van der Waals surface area contributed by atoms with Gasteiger partial charge in [-0.1, -0.05) is 29.8 Å². The molecule has 0 aliphatic carbocycles. The Morgan fingerprint density at radius 3 is 2.81 bits per heavy atom. The smallest absolute Gasteiger partial charge is 0.341 e. The number of carboxylic acids is 1. The van der Waals surface area contributed by atoms with Crippen LogP contribution >= 0.6 is 11.6 Å². The normalized spacial score (nSPS) is 11.1. The van der Waals surface area contributed by atoms with Crippen LogP contribution in [0.15, 0.2) is 48.2 Å². The van der Waals surface area contributed by atoms with Crippen LogP contribution in [0.1, 0.15) is 11.1 Å². The van der Waals surface area contributed by atoms with E-state index in [0.29, 0.717) is 18.5 Å². The Kier molecular flexibility index (Phi) is 7.37. The van der Waals surface area contributed by atoms with Gasteiger partial charge in [0.25, 0.3) is 5.91 Å². The summed E-state index contributed by atoms with van der Waals surface area (Å²) in [5.41, 5.74) is 2.41. The van der Waals surface area contributed by atoms with Gasteiger partial charge in [0, 0.05) is 23.6 Å². The number of rotatable bonds is 9. The van der Waals surface area contributed by atoms with Gasteiger partial charge >= 0.3 is 5.97 Å². The molecular weight excluding hydrogens is 434 g/mol. The monoisotopic (exact) mass is 453 g/mol. The zero-order valence-electron chi connectivity index (χ0n) is 17.1. The number of aromatic nitrogens is 1. The predicted octanol–water partition coefficient (Wildman–Crippen LogP) is 3.56. The summed E-state index contributed by atoms with van der Waals surface area (Å²) in [7, 11) is 1.37. The maximum absolute atomic E-state index is 12.5. The Morgan fingerprint density at radius 2 is 2.09 bits per heavy atom. The van der Waals surface area contributed by atoms with Crippen molar-refractivity contribution >= 4 is 40.5 Å². The largest absolute Gasteiger partial charge is 0.493 e. The van der Waals surface area contributed by atoms with Crippen LogP contribution in [0.5, 0.6) is 11.5 Å². The molecule has 3 aromatic rings. The Hall–Kier alpha value is -3.96. The first-order chi connectivity index (χ1) is 15.4. The van der Waals surface area contributed by atoms with Gasteiger partial charge < -0.3 is 24.9 Å². The molecule has 3 N–H and O–H groups in total. The number of nitriles is 1. The summed E-state index contributed by atoms with van der Waals surface area (Å²) in [4.78, 5) is 26.4. The third-order valence-corrected chi connectivity index (χ3v) is 4.90. The maximum Gasteiger partial charge on any atom is 0.341 e. The molecule has 0 aliphatic heterocycles. The van der Waals surface area contributed by atoms with Gasteiger partial charge in [-0.3, -0.25) is 4.79 Å². The van der Waals surface area contributed by atoms with Crippen molar-refractivity contribution < 1.29 is 24.2 Å². The van der Waals surface area contributed by atoms with Gasteiger partial charge in [-0.2, -0.15) is 5.26 Å². The molecule has 3 rings (SSSR count). The predicted molar refractivity (Wildman–Crippen MR) is 120 cm³/mol. The third kappa shape index (κ3) is 5.39. The number of aliphatic carboxylic acids is 1. The van der Waals surface area contributed by atoms with Crippen LogP contribution in [0.3, 0.4) is 0 Å². The van der Waals surface area contributed by atoms with E-state index >= 15 is 0 Å². The average Bonchev–Trinajstić information content (AvgIpc) is 3.19. The topological polar surface area (TPSA) is 124 Å². The number of benzene rings is 2. The number of aromatic amines is 1. The van der Waals surface area contributed by atoms with E-state index in [9.17, 15) is 14.9 Å². The quantitative estimate of drug-likeness (QED) is 0.336. The van der Waals surface area contributed by atoms with Gasteiger partial charge in [-0.15, -0.1) is 0 Å². The molecule has 2 aromatic carbocycles. The zero-order chi connectivity index (χ0) is 23.1. The highest BCUT2D eigenvalue weighted by molar-refractivity contribution is 6.32. The molecule has 0 saturated carbocycles. The first-order valence-corrected chi connectivity index (χ1v) is 9.97. The number of hydrogen-bond acceptors (Lipinski definition) is 5. The van der Waals surface area contributed by atoms with Crippen molar-refractivity contribution in [3.63, 3.8) is 0 Å². The number of carbonyl (C=O) groups is 2. The van der Waals surface area contributed by atoms with E-state index in [1.807, 2.05) is 36.5 Å². The molecule has 32 heavy (non-hydrogen) atoms. The highest BCUT2D eigenvalue weighted by atomic mass is 35.5. The lowest BCUT2D eigenvalue weighted by Gasteiger charge is -2.12. The van der Waals surface area contributed by atoms with E-state index in [4.69, 9.17) is 26.2 Å². The van der Waals surface area contributed by atoms with Crippen LogP contribution in [-0.4, -0.2) is 42.2 Å². The second-order valence-electron chi connectivity index (χ2n) is 6.75. The molecule has 0 aliphatic rings.